The van der Waals surface area contributed by atoms with E-state index in [2.05, 4.69) is 16.3 Å². The van der Waals surface area contributed by atoms with E-state index >= 15 is 0 Å². The summed E-state index contributed by atoms with van der Waals surface area (Å²) in [6, 6.07) is 8.19. The van der Waals surface area contributed by atoms with Crippen LogP contribution in [-0.4, -0.2) is 10.2 Å². The number of benzene rings is 1. The molecule has 1 atom stereocenters. The minimum atomic E-state index is -0.721. The van der Waals surface area contributed by atoms with Crippen LogP contribution < -0.4 is 0 Å². The second-order valence-corrected chi connectivity index (χ2v) is 4.24. The van der Waals surface area contributed by atoms with Crippen molar-refractivity contribution in [3.63, 3.8) is 0 Å². The highest BCUT2D eigenvalue weighted by Crippen LogP contribution is 2.30. The predicted molar refractivity (Wildman–Crippen MR) is 65.6 cm³/mol. The molecule has 18 heavy (non-hydrogen) atoms. The number of nitrogens with zero attached hydrogens (tertiary/aromatic N) is 3. The van der Waals surface area contributed by atoms with Gasteiger partial charge in [-0.3, -0.25) is 0 Å². The number of aromatic nitrogens is 2. The molecule has 0 saturated carbocycles. The van der Waals surface area contributed by atoms with Crippen molar-refractivity contribution in [2.24, 2.45) is 0 Å². The Bertz CT molecular complexity index is 608. The summed E-state index contributed by atoms with van der Waals surface area (Å²) < 4.78 is 13.6. The molecule has 0 amide bonds. The van der Waals surface area contributed by atoms with Crippen LogP contribution in [0.4, 0.5) is 4.39 Å². The Kier molecular flexibility index (Phi) is 3.54. The van der Waals surface area contributed by atoms with E-state index in [1.54, 1.807) is 19.1 Å². The maximum atomic E-state index is 13.6. The van der Waals surface area contributed by atoms with Gasteiger partial charge < -0.3 is 0 Å². The van der Waals surface area contributed by atoms with E-state index in [9.17, 15) is 9.65 Å². The van der Waals surface area contributed by atoms with Crippen molar-refractivity contribution in [1.29, 1.82) is 5.26 Å². The minimum Gasteiger partial charge on any atom is -0.207 e. The fraction of sp³-hybridized carbons (Fsp3) is 0.154. The van der Waals surface area contributed by atoms with E-state index in [-0.39, 0.29) is 0 Å². The highest BCUT2D eigenvalue weighted by atomic mass is 35.5. The van der Waals surface area contributed by atoms with E-state index < -0.39 is 11.7 Å². The van der Waals surface area contributed by atoms with Crippen molar-refractivity contribution in [3.8, 4) is 6.07 Å². The molecule has 2 rings (SSSR count). The summed E-state index contributed by atoms with van der Waals surface area (Å²) in [6.45, 7) is 1.62. The summed E-state index contributed by atoms with van der Waals surface area (Å²) in [5.74, 6) is -1.11. The topological polar surface area (TPSA) is 49.6 Å². The first kappa shape index (κ1) is 12.5. The fourth-order valence-corrected chi connectivity index (χ4v) is 1.97. The largest absolute Gasteiger partial charge is 0.207 e. The Morgan fingerprint density at radius 1 is 1.44 bits per heavy atom. The second-order valence-electron chi connectivity index (χ2n) is 3.83. The molecule has 1 aromatic heterocycles. The van der Waals surface area contributed by atoms with Gasteiger partial charge in [-0.2, -0.15) is 15.5 Å². The quantitative estimate of drug-likeness (QED) is 0.834. The van der Waals surface area contributed by atoms with Crippen molar-refractivity contribution in [2.45, 2.75) is 12.8 Å². The van der Waals surface area contributed by atoms with E-state index in [1.807, 2.05) is 0 Å². The van der Waals surface area contributed by atoms with Crippen LogP contribution in [-0.2, 0) is 0 Å². The zero-order valence-corrected chi connectivity index (χ0v) is 10.3. The van der Waals surface area contributed by atoms with Crippen molar-refractivity contribution in [2.75, 3.05) is 0 Å². The summed E-state index contributed by atoms with van der Waals surface area (Å²) in [7, 11) is 0. The number of hydrogen-bond acceptors (Lipinski definition) is 3. The lowest BCUT2D eigenvalue weighted by Crippen LogP contribution is -2.04. The molecular formula is C13H9ClFN3. The normalized spacial score (nSPS) is 11.9. The minimum absolute atomic E-state index is 0.353. The van der Waals surface area contributed by atoms with Crippen molar-refractivity contribution < 1.29 is 4.39 Å². The van der Waals surface area contributed by atoms with Crippen LogP contribution in [0.1, 0.15) is 22.7 Å². The average Bonchev–Trinajstić information content (AvgIpc) is 2.38. The molecule has 0 N–H and O–H groups in total. The Hall–Kier alpha value is -1.99. The zero-order valence-electron chi connectivity index (χ0n) is 9.56. The van der Waals surface area contributed by atoms with Gasteiger partial charge in [-0.05, 0) is 42.3 Å². The molecule has 0 saturated heterocycles. The van der Waals surface area contributed by atoms with Gasteiger partial charge in [-0.25, -0.2) is 4.39 Å². The van der Waals surface area contributed by atoms with E-state index in [0.717, 1.165) is 0 Å². The van der Waals surface area contributed by atoms with Crippen LogP contribution in [0.15, 0.2) is 30.5 Å². The van der Waals surface area contributed by atoms with Crippen LogP contribution >= 0.6 is 11.6 Å². The molecule has 0 aliphatic heterocycles. The first-order valence-corrected chi connectivity index (χ1v) is 5.64. The van der Waals surface area contributed by atoms with E-state index in [0.29, 0.717) is 21.8 Å². The first-order chi connectivity index (χ1) is 8.63. The van der Waals surface area contributed by atoms with E-state index in [4.69, 9.17) is 11.6 Å². The molecule has 2 aromatic rings. The Balaban J connectivity index is 2.53. The standard InChI is InChI=1S/C13H9ClFN3/c1-8-5-11(14)9(6-12(8)15)10(7-16)13-3-2-4-17-18-13/h2-6,10H,1H3. The molecule has 0 aliphatic carbocycles. The number of rotatable bonds is 2. The molecule has 1 unspecified atom stereocenters. The number of nitriles is 1. The molecule has 5 heteroatoms. The lowest BCUT2D eigenvalue weighted by Gasteiger charge is -2.11. The summed E-state index contributed by atoms with van der Waals surface area (Å²) in [4.78, 5) is 0. The number of aryl methyl sites for hydroxylation is 1. The van der Waals surface area contributed by atoms with Gasteiger partial charge in [0.15, 0.2) is 0 Å². The van der Waals surface area contributed by atoms with Gasteiger partial charge in [0, 0.05) is 11.2 Å². The monoisotopic (exact) mass is 261 g/mol. The SMILES string of the molecule is Cc1cc(Cl)c(C(C#N)c2cccnn2)cc1F. The summed E-state index contributed by atoms with van der Waals surface area (Å²) in [5, 5.41) is 17.1. The summed E-state index contributed by atoms with van der Waals surface area (Å²) >= 11 is 6.06. The molecule has 0 bridgehead atoms. The maximum Gasteiger partial charge on any atom is 0.126 e. The first-order valence-electron chi connectivity index (χ1n) is 5.26. The van der Waals surface area contributed by atoms with Gasteiger partial charge >= 0.3 is 0 Å². The van der Waals surface area contributed by atoms with Crippen LogP contribution in [0.5, 0.6) is 0 Å². The molecule has 1 aromatic carbocycles. The smallest absolute Gasteiger partial charge is 0.126 e. The molecule has 0 aliphatic rings. The Labute approximate surface area is 109 Å². The number of halogens is 2. The third kappa shape index (κ3) is 2.31. The van der Waals surface area contributed by atoms with Gasteiger partial charge in [0.2, 0.25) is 0 Å². The van der Waals surface area contributed by atoms with Gasteiger partial charge in [-0.15, -0.1) is 0 Å². The summed E-state index contributed by atoms with van der Waals surface area (Å²) in [5.41, 5.74) is 1.30. The zero-order chi connectivity index (χ0) is 13.1. The highest BCUT2D eigenvalue weighted by molar-refractivity contribution is 6.31. The van der Waals surface area contributed by atoms with Crippen molar-refractivity contribution >= 4 is 11.6 Å². The van der Waals surface area contributed by atoms with Crippen molar-refractivity contribution in [1.82, 2.24) is 10.2 Å². The Morgan fingerprint density at radius 2 is 2.22 bits per heavy atom. The predicted octanol–water partition coefficient (Wildman–Crippen LogP) is 3.23. The Morgan fingerprint density at radius 3 is 2.83 bits per heavy atom. The molecule has 0 fully saturated rings. The second kappa shape index (κ2) is 5.11. The third-order valence-corrected chi connectivity index (χ3v) is 2.93. The molecule has 90 valence electrons. The number of hydrogen-bond donors (Lipinski definition) is 0. The molecule has 0 spiro atoms. The fourth-order valence-electron chi connectivity index (χ4n) is 1.65. The maximum absolute atomic E-state index is 13.6. The van der Waals surface area contributed by atoms with Crippen molar-refractivity contribution in [3.05, 3.63) is 58.1 Å². The van der Waals surface area contributed by atoms with Crippen LogP contribution in [0.2, 0.25) is 5.02 Å². The lowest BCUT2D eigenvalue weighted by atomic mass is 9.95. The van der Waals surface area contributed by atoms with E-state index in [1.165, 1.54) is 18.3 Å². The van der Waals surface area contributed by atoms with Crippen LogP contribution in [0, 0.1) is 24.1 Å². The van der Waals surface area contributed by atoms with Gasteiger partial charge in [0.25, 0.3) is 0 Å². The molecule has 3 nitrogen and oxygen atoms in total. The summed E-state index contributed by atoms with van der Waals surface area (Å²) in [6.07, 6.45) is 1.51. The third-order valence-electron chi connectivity index (χ3n) is 2.61. The molecular weight excluding hydrogens is 253 g/mol. The van der Waals surface area contributed by atoms with Gasteiger partial charge in [-0.1, -0.05) is 11.6 Å². The molecule has 0 radical (unpaired) electrons. The van der Waals surface area contributed by atoms with Crippen LogP contribution in [0.25, 0.3) is 0 Å². The average molecular weight is 262 g/mol. The highest BCUT2D eigenvalue weighted by Gasteiger charge is 2.19. The molecule has 1 heterocycles. The van der Waals surface area contributed by atoms with Gasteiger partial charge in [0.1, 0.15) is 11.7 Å². The van der Waals surface area contributed by atoms with Gasteiger partial charge in [0.05, 0.1) is 11.8 Å². The lowest BCUT2D eigenvalue weighted by molar-refractivity contribution is 0.615. The van der Waals surface area contributed by atoms with Crippen LogP contribution in [0.3, 0.4) is 0 Å².